The van der Waals surface area contributed by atoms with Gasteiger partial charge in [0, 0.05) is 30.7 Å². The molecule has 23 nitrogen and oxygen atoms in total. The predicted octanol–water partition coefficient (Wildman–Crippen LogP) is 1.50. The first kappa shape index (κ1) is 48.3. The number of nitrogens with one attached hydrogen (secondary N) is 2. The van der Waals surface area contributed by atoms with Crippen molar-refractivity contribution in [3.63, 3.8) is 0 Å². The van der Waals surface area contributed by atoms with Crippen molar-refractivity contribution in [1.29, 1.82) is 0 Å². The Labute approximate surface area is 327 Å². The van der Waals surface area contributed by atoms with E-state index in [2.05, 4.69) is 41.3 Å². The number of unbranched alkanes of at least 4 members (excludes halogenated alkanes) is 5. The monoisotopic (exact) mass is 879 g/mol. The van der Waals surface area contributed by atoms with E-state index in [4.69, 9.17) is 19.5 Å². The first-order valence-corrected chi connectivity index (χ1v) is 23.3. The maximum atomic E-state index is 12.7. The number of nitrogen functional groups attached to an aromatic ring is 1. The van der Waals surface area contributed by atoms with Gasteiger partial charge in [-0.25, -0.2) is 28.6 Å². The second-order valence-corrected chi connectivity index (χ2v) is 18.9. The topological polar surface area (TPSA) is 347 Å². The number of nitrogens with two attached hydrogens (primary N) is 1. The van der Waals surface area contributed by atoms with Gasteiger partial charge in [-0.05, 0) is 12.2 Å². The van der Waals surface area contributed by atoms with Crippen molar-refractivity contribution in [3.05, 3.63) is 12.7 Å². The second-order valence-electron chi connectivity index (χ2n) is 13.4. The van der Waals surface area contributed by atoms with Gasteiger partial charge in [-0.15, -0.1) is 0 Å². The largest absolute Gasteiger partial charge is 0.481 e. The normalized spacial score (nSPS) is 21.7. The lowest BCUT2D eigenvalue weighted by Crippen LogP contribution is -2.46. The van der Waals surface area contributed by atoms with Crippen LogP contribution in [0.3, 0.4) is 0 Å². The van der Waals surface area contributed by atoms with Gasteiger partial charge in [0.2, 0.25) is 11.8 Å². The molecule has 1 fully saturated rings. The number of hydrogen-bond donors (Lipinski definition) is 9. The number of carbonyl (C=O) groups excluding carboxylic acids is 2. The molecular weight excluding hydrogens is 827 g/mol. The zero-order valence-electron chi connectivity index (χ0n) is 31.1. The van der Waals surface area contributed by atoms with Gasteiger partial charge in [0.15, 0.2) is 17.7 Å². The van der Waals surface area contributed by atoms with Crippen LogP contribution in [0.15, 0.2) is 12.7 Å². The number of carbonyl (C=O) groups is 2. The summed E-state index contributed by atoms with van der Waals surface area (Å²) in [5.41, 5.74) is 4.33. The SMILES string of the molecule is CCCCCCCCSCCNC(=O)CCNC(=O)[C@H](O)C(C)(C)COP(=O)(O)OP(=O)(O)OC[C@H]1O[C@@H](n2cnc3c(N)ncnc32)[C@H](O)[C@@H]1OP(=O)(O)O. The number of amides is 2. The highest BCUT2D eigenvalue weighted by atomic mass is 32.2. The third-order valence-electron chi connectivity index (χ3n) is 8.29. The maximum Gasteiger partial charge on any atom is 0.481 e. The van der Waals surface area contributed by atoms with Crippen LogP contribution in [0.1, 0.15) is 71.9 Å². The number of nitrogens with zero attached hydrogens (tertiary/aromatic N) is 4. The molecule has 3 rings (SSSR count). The van der Waals surface area contributed by atoms with Gasteiger partial charge in [-0.2, -0.15) is 16.1 Å². The summed E-state index contributed by atoms with van der Waals surface area (Å²) in [5, 5.41) is 26.6. The lowest BCUT2D eigenvalue weighted by Gasteiger charge is -2.30. The molecule has 0 saturated carbocycles. The predicted molar refractivity (Wildman–Crippen MR) is 200 cm³/mol. The number of anilines is 1. The van der Waals surface area contributed by atoms with Crippen molar-refractivity contribution in [3.8, 4) is 0 Å². The molecule has 1 aliphatic rings. The minimum absolute atomic E-state index is 0.0329. The number of rotatable bonds is 26. The molecule has 0 radical (unpaired) electrons. The minimum atomic E-state index is -5.55. The molecule has 1 saturated heterocycles. The number of thioether (sulfide) groups is 1. The lowest BCUT2D eigenvalue weighted by molar-refractivity contribution is -0.137. The van der Waals surface area contributed by atoms with E-state index in [1.165, 1.54) is 46.0 Å². The Morgan fingerprint density at radius 3 is 2.38 bits per heavy atom. The van der Waals surface area contributed by atoms with Crippen molar-refractivity contribution in [2.45, 2.75) is 96.4 Å². The molecule has 0 aromatic carbocycles. The van der Waals surface area contributed by atoms with E-state index >= 15 is 0 Å². The lowest BCUT2D eigenvalue weighted by atomic mass is 9.87. The first-order valence-electron chi connectivity index (χ1n) is 17.6. The molecule has 0 aliphatic carbocycles. The van der Waals surface area contributed by atoms with Crippen LogP contribution in [0, 0.1) is 5.41 Å². The zero-order chi connectivity index (χ0) is 41.7. The molecule has 2 amide bonds. The number of hydrogen-bond acceptors (Lipinski definition) is 17. The van der Waals surface area contributed by atoms with Gasteiger partial charge in [-0.3, -0.25) is 27.7 Å². The molecule has 2 aromatic rings. The molecule has 2 aromatic heterocycles. The summed E-state index contributed by atoms with van der Waals surface area (Å²) in [6.07, 6.45) is 0.584. The van der Waals surface area contributed by atoms with Crippen LogP contribution in [0.4, 0.5) is 5.82 Å². The number of imidazole rings is 1. The van der Waals surface area contributed by atoms with E-state index < -0.39 is 78.6 Å². The van der Waals surface area contributed by atoms with E-state index in [0.29, 0.717) is 6.54 Å². The third kappa shape index (κ3) is 15.6. The number of aliphatic hydroxyl groups is 2. The fraction of sp³-hybridized carbons (Fsp3) is 0.759. The van der Waals surface area contributed by atoms with Gasteiger partial charge in [0.05, 0.1) is 19.5 Å². The van der Waals surface area contributed by atoms with Gasteiger partial charge >= 0.3 is 23.5 Å². The van der Waals surface area contributed by atoms with E-state index in [1.807, 2.05) is 0 Å². The number of aliphatic hydroxyl groups excluding tert-OH is 2. The van der Waals surface area contributed by atoms with E-state index in [0.717, 1.165) is 35.1 Å². The molecule has 10 N–H and O–H groups in total. The fourth-order valence-corrected chi connectivity index (χ4v) is 8.98. The molecule has 7 atom stereocenters. The summed E-state index contributed by atoms with van der Waals surface area (Å²) in [7, 11) is -16.3. The molecule has 56 heavy (non-hydrogen) atoms. The zero-order valence-corrected chi connectivity index (χ0v) is 34.6. The van der Waals surface area contributed by atoms with Crippen LogP contribution in [0.5, 0.6) is 0 Å². The van der Waals surface area contributed by atoms with Crippen molar-refractivity contribution < 1.29 is 75.7 Å². The summed E-state index contributed by atoms with van der Waals surface area (Å²) in [6, 6.07) is 0. The fourth-order valence-electron chi connectivity index (χ4n) is 5.29. The molecule has 27 heteroatoms. The van der Waals surface area contributed by atoms with Gasteiger partial charge < -0.3 is 50.9 Å². The summed E-state index contributed by atoms with van der Waals surface area (Å²) >= 11 is 1.75. The highest BCUT2D eigenvalue weighted by Gasteiger charge is 2.50. The quantitative estimate of drug-likeness (QED) is 0.0477. The Bertz CT molecular complexity index is 1740. The van der Waals surface area contributed by atoms with Crippen LogP contribution in [0.25, 0.3) is 11.2 Å². The molecule has 2 unspecified atom stereocenters. The Morgan fingerprint density at radius 1 is 1.00 bits per heavy atom. The second kappa shape index (κ2) is 21.8. The summed E-state index contributed by atoms with van der Waals surface area (Å²) < 4.78 is 62.2. The Balaban J connectivity index is 1.45. The molecule has 320 valence electrons. The van der Waals surface area contributed by atoms with E-state index in [1.54, 1.807) is 11.8 Å². The highest BCUT2D eigenvalue weighted by Crippen LogP contribution is 2.61. The average molecular weight is 880 g/mol. The van der Waals surface area contributed by atoms with E-state index in [9.17, 15) is 53.1 Å². The molecule has 0 spiro atoms. The average Bonchev–Trinajstić information content (AvgIpc) is 3.67. The summed E-state index contributed by atoms with van der Waals surface area (Å²) in [5.74, 6) is 0.513. The first-order chi connectivity index (χ1) is 26.2. The van der Waals surface area contributed by atoms with Crippen LogP contribution < -0.4 is 16.4 Å². The number of fused-ring (bicyclic) bond motifs is 1. The molecule has 3 heterocycles. The summed E-state index contributed by atoms with van der Waals surface area (Å²) in [4.78, 5) is 75.7. The maximum absolute atomic E-state index is 12.7. The minimum Gasteiger partial charge on any atom is -0.386 e. The third-order valence-corrected chi connectivity index (χ3v) is 12.5. The van der Waals surface area contributed by atoms with Crippen molar-refractivity contribution in [2.24, 2.45) is 5.41 Å². The molecule has 0 bridgehead atoms. The smallest absolute Gasteiger partial charge is 0.386 e. The molecular formula is C29H52N7O16P3S. The number of aromatic nitrogens is 4. The van der Waals surface area contributed by atoms with Crippen molar-refractivity contribution >= 4 is 64.0 Å². The Kier molecular flexibility index (Phi) is 18.8. The highest BCUT2D eigenvalue weighted by molar-refractivity contribution is 7.99. The number of phosphoric acid groups is 3. The number of phosphoric ester groups is 3. The number of ether oxygens (including phenoxy) is 1. The van der Waals surface area contributed by atoms with E-state index in [-0.39, 0.29) is 35.9 Å². The van der Waals surface area contributed by atoms with Gasteiger partial charge in [-0.1, -0.05) is 52.9 Å². The van der Waals surface area contributed by atoms with Gasteiger partial charge in [0.1, 0.15) is 36.3 Å². The van der Waals surface area contributed by atoms with Crippen LogP contribution in [0.2, 0.25) is 0 Å². The van der Waals surface area contributed by atoms with Crippen LogP contribution in [-0.4, -0.2) is 123 Å². The molecule has 1 aliphatic heterocycles. The van der Waals surface area contributed by atoms with Crippen LogP contribution in [-0.2, 0) is 45.9 Å². The standard InChI is InChI=1S/C29H52N7O16P3S/c1-4-5-6-7-8-9-13-56-14-12-31-20(37)10-11-32-27(40)24(39)29(2,3)16-49-55(46,47)52-54(44,45)48-15-19-23(51-53(41,42)43)22(38)28(50-19)36-18-35-21-25(30)33-17-34-26(21)36/h17-19,22-24,28,38-39H,4-16H2,1-3H3,(H,31,37)(H,32,40)(H,44,45)(H,46,47)(H2,30,33,34)(H2,41,42,43)/t19-,22-,23-,24+,28-/m1/s1. The van der Waals surface area contributed by atoms with Crippen molar-refractivity contribution in [2.75, 3.05) is 43.5 Å². The Morgan fingerprint density at radius 2 is 1.68 bits per heavy atom. The van der Waals surface area contributed by atoms with Crippen molar-refractivity contribution in [1.82, 2.24) is 30.2 Å². The summed E-state index contributed by atoms with van der Waals surface area (Å²) in [6.45, 7) is 3.14. The Hall–Kier alpha value is -2.11. The van der Waals surface area contributed by atoms with Crippen LogP contribution >= 0.6 is 35.2 Å². The van der Waals surface area contributed by atoms with Gasteiger partial charge in [0.25, 0.3) is 0 Å².